The van der Waals surface area contributed by atoms with Crippen LogP contribution in [0.4, 0.5) is 0 Å². The molecule has 0 aromatic carbocycles. The zero-order valence-electron chi connectivity index (χ0n) is 12.5. The zero-order chi connectivity index (χ0) is 17.8. The van der Waals surface area contributed by atoms with Crippen LogP contribution in [0, 0.1) is 0 Å². The SMILES string of the molecule is Cn1c(=O)c2c3nc(n2C)OC(=O)C(O)C(O)C(=O)OCn3c1=O. The molecule has 0 saturated heterocycles. The Bertz CT molecular complexity index is 984. The number of aryl methyl sites for hydroxylation is 1. The molecule has 2 bridgehead atoms. The largest absolute Gasteiger partial charge is 0.442 e. The van der Waals surface area contributed by atoms with Crippen molar-refractivity contribution in [1.82, 2.24) is 18.7 Å². The minimum atomic E-state index is -2.22. The molecule has 2 aromatic rings. The van der Waals surface area contributed by atoms with Crippen LogP contribution in [0.3, 0.4) is 0 Å². The van der Waals surface area contributed by atoms with Gasteiger partial charge >= 0.3 is 23.6 Å². The van der Waals surface area contributed by atoms with Crippen LogP contribution in [-0.2, 0) is 35.2 Å². The van der Waals surface area contributed by atoms with Gasteiger partial charge in [0.2, 0.25) is 0 Å². The number of aliphatic hydroxyl groups excluding tert-OH is 2. The van der Waals surface area contributed by atoms with E-state index in [1.54, 1.807) is 0 Å². The van der Waals surface area contributed by atoms with E-state index in [9.17, 15) is 29.4 Å². The molecule has 12 nitrogen and oxygen atoms in total. The van der Waals surface area contributed by atoms with E-state index in [2.05, 4.69) is 4.98 Å². The molecule has 0 radical (unpaired) electrons. The second-order valence-corrected chi connectivity index (χ2v) is 5.10. The number of esters is 2. The number of aliphatic hydroxyl groups is 2. The summed E-state index contributed by atoms with van der Waals surface area (Å²) in [5, 5.41) is 19.2. The molecule has 1 aliphatic rings. The van der Waals surface area contributed by atoms with Gasteiger partial charge in [0.05, 0.1) is 0 Å². The minimum absolute atomic E-state index is 0.0773. The third kappa shape index (κ3) is 2.11. The maximum atomic E-state index is 12.2. The highest BCUT2D eigenvalue weighted by Crippen LogP contribution is 2.18. The van der Waals surface area contributed by atoms with E-state index in [-0.39, 0.29) is 11.2 Å². The molecule has 2 atom stereocenters. The minimum Gasteiger partial charge on any atom is -0.442 e. The van der Waals surface area contributed by atoms with Crippen LogP contribution < -0.4 is 16.0 Å². The van der Waals surface area contributed by atoms with Crippen molar-refractivity contribution in [2.24, 2.45) is 14.1 Å². The van der Waals surface area contributed by atoms with Crippen molar-refractivity contribution >= 4 is 23.1 Å². The quantitative estimate of drug-likeness (QED) is 0.466. The van der Waals surface area contributed by atoms with Crippen molar-refractivity contribution in [1.29, 1.82) is 0 Å². The summed E-state index contributed by atoms with van der Waals surface area (Å²) >= 11 is 0. The Kier molecular flexibility index (Phi) is 3.50. The van der Waals surface area contributed by atoms with Gasteiger partial charge in [0.1, 0.15) is 0 Å². The van der Waals surface area contributed by atoms with Gasteiger partial charge < -0.3 is 19.7 Å². The Hall–Kier alpha value is -2.99. The summed E-state index contributed by atoms with van der Waals surface area (Å²) < 4.78 is 12.3. The predicted molar refractivity (Wildman–Crippen MR) is 74.0 cm³/mol. The lowest BCUT2D eigenvalue weighted by molar-refractivity contribution is -0.171. The average molecular weight is 340 g/mol. The normalized spacial score (nSPS) is 21.5. The van der Waals surface area contributed by atoms with Crippen LogP contribution in [0.15, 0.2) is 9.59 Å². The molecule has 2 N–H and O–H groups in total. The molecule has 2 unspecified atom stereocenters. The lowest BCUT2D eigenvalue weighted by atomic mass is 10.2. The summed E-state index contributed by atoms with van der Waals surface area (Å²) in [6.07, 6.45) is -4.42. The number of ether oxygens (including phenoxy) is 2. The van der Waals surface area contributed by atoms with Gasteiger partial charge in [0.15, 0.2) is 30.1 Å². The number of cyclic esters (lactones) is 1. The number of carbonyl (C=O) groups excluding carboxylic acids is 2. The number of nitrogens with zero attached hydrogens (tertiary/aromatic N) is 4. The van der Waals surface area contributed by atoms with Crippen molar-refractivity contribution in [3.05, 3.63) is 20.8 Å². The highest BCUT2D eigenvalue weighted by Gasteiger charge is 2.35. The molecule has 1 aliphatic heterocycles. The zero-order valence-corrected chi connectivity index (χ0v) is 12.5. The van der Waals surface area contributed by atoms with Gasteiger partial charge in [-0.05, 0) is 0 Å². The lowest BCUT2D eigenvalue weighted by Gasteiger charge is -2.16. The first kappa shape index (κ1) is 15.9. The fourth-order valence-corrected chi connectivity index (χ4v) is 2.24. The Morgan fingerprint density at radius 3 is 2.33 bits per heavy atom. The molecular formula is C12H12N4O8. The number of hydrogen-bond acceptors (Lipinski definition) is 9. The average Bonchev–Trinajstić information content (AvgIpc) is 2.86. The summed E-state index contributed by atoms with van der Waals surface area (Å²) in [7, 11) is 2.57. The summed E-state index contributed by atoms with van der Waals surface area (Å²) in [6, 6.07) is -0.396. The summed E-state index contributed by atoms with van der Waals surface area (Å²) in [4.78, 5) is 51.8. The maximum absolute atomic E-state index is 12.2. The van der Waals surface area contributed by atoms with E-state index in [1.165, 1.54) is 14.1 Å². The van der Waals surface area contributed by atoms with E-state index < -0.39 is 48.1 Å². The molecule has 0 amide bonds. The maximum Gasteiger partial charge on any atom is 0.346 e. The fourth-order valence-electron chi connectivity index (χ4n) is 2.24. The smallest absolute Gasteiger partial charge is 0.346 e. The van der Waals surface area contributed by atoms with Crippen molar-refractivity contribution in [3.8, 4) is 6.01 Å². The fraction of sp³-hybridized carbons (Fsp3) is 0.417. The molecule has 0 spiro atoms. The molecular weight excluding hydrogens is 328 g/mol. The van der Waals surface area contributed by atoms with E-state index in [4.69, 9.17) is 9.47 Å². The van der Waals surface area contributed by atoms with Crippen molar-refractivity contribution in [3.63, 3.8) is 0 Å². The van der Waals surface area contributed by atoms with Gasteiger partial charge in [-0.25, -0.2) is 19.0 Å². The molecule has 3 heterocycles. The predicted octanol–water partition coefficient (Wildman–Crippen LogP) is -3.42. The third-order valence-electron chi connectivity index (χ3n) is 3.63. The van der Waals surface area contributed by atoms with Gasteiger partial charge in [-0.1, -0.05) is 0 Å². The Morgan fingerprint density at radius 1 is 1.04 bits per heavy atom. The summed E-state index contributed by atoms with van der Waals surface area (Å²) in [5.74, 6) is -2.71. The Labute approximate surface area is 132 Å². The number of rotatable bonds is 0. The first-order chi connectivity index (χ1) is 11.2. The summed E-state index contributed by atoms with van der Waals surface area (Å²) in [5.41, 5.74) is -1.78. The molecule has 0 saturated carbocycles. The van der Waals surface area contributed by atoms with Gasteiger partial charge in [-0.15, -0.1) is 0 Å². The van der Waals surface area contributed by atoms with Gasteiger partial charge in [-0.2, -0.15) is 4.98 Å². The monoisotopic (exact) mass is 340 g/mol. The second-order valence-electron chi connectivity index (χ2n) is 5.10. The molecule has 0 fully saturated rings. The van der Waals surface area contributed by atoms with Gasteiger partial charge in [0.25, 0.3) is 5.56 Å². The number of fused-ring (bicyclic) bond motifs is 1. The van der Waals surface area contributed by atoms with E-state index in [1.807, 2.05) is 0 Å². The van der Waals surface area contributed by atoms with Crippen LogP contribution >= 0.6 is 0 Å². The standard InChI is InChI=1S/C12H12N4O8/c1-14-4-7-13-11(14)24-10(21)6(18)5(17)9(20)23-3-16(7)12(22)15(2)8(4)19/h5-6,17-18H,3H2,1-2H3. The molecule has 12 heteroatoms. The molecule has 3 rings (SSSR count). The number of carbonyl (C=O) groups is 2. The van der Waals surface area contributed by atoms with E-state index in [0.717, 1.165) is 13.7 Å². The lowest BCUT2D eigenvalue weighted by Crippen LogP contribution is -2.44. The van der Waals surface area contributed by atoms with Crippen LogP contribution in [-0.4, -0.2) is 53.0 Å². The molecule has 0 aliphatic carbocycles. The number of imidazole rings is 1. The van der Waals surface area contributed by atoms with Crippen molar-refractivity contribution in [2.75, 3.05) is 0 Å². The van der Waals surface area contributed by atoms with Gasteiger partial charge in [-0.3, -0.25) is 13.9 Å². The first-order valence-electron chi connectivity index (χ1n) is 6.64. The topological polar surface area (TPSA) is 155 Å². The van der Waals surface area contributed by atoms with Crippen LogP contribution in [0.25, 0.3) is 11.2 Å². The Balaban J connectivity index is 2.33. The van der Waals surface area contributed by atoms with E-state index >= 15 is 0 Å². The molecule has 2 aromatic heterocycles. The van der Waals surface area contributed by atoms with Crippen LogP contribution in [0.5, 0.6) is 6.01 Å². The third-order valence-corrected chi connectivity index (χ3v) is 3.63. The summed E-state index contributed by atoms with van der Waals surface area (Å²) in [6.45, 7) is -0.684. The second kappa shape index (κ2) is 5.28. The van der Waals surface area contributed by atoms with Gasteiger partial charge in [0, 0.05) is 14.1 Å². The van der Waals surface area contributed by atoms with Crippen molar-refractivity contribution in [2.45, 2.75) is 18.9 Å². The highest BCUT2D eigenvalue weighted by molar-refractivity contribution is 5.86. The highest BCUT2D eigenvalue weighted by atomic mass is 16.6. The van der Waals surface area contributed by atoms with Crippen LogP contribution in [0.1, 0.15) is 0 Å². The van der Waals surface area contributed by atoms with Crippen molar-refractivity contribution < 1.29 is 29.3 Å². The molecule has 24 heavy (non-hydrogen) atoms. The molecule has 128 valence electrons. The Morgan fingerprint density at radius 2 is 1.67 bits per heavy atom. The van der Waals surface area contributed by atoms with E-state index in [0.29, 0.717) is 0 Å². The number of hydrogen-bond donors (Lipinski definition) is 2. The first-order valence-corrected chi connectivity index (χ1v) is 6.64. The number of aromatic nitrogens is 4. The van der Waals surface area contributed by atoms with Crippen LogP contribution in [0.2, 0.25) is 0 Å².